The van der Waals surface area contributed by atoms with Crippen LogP contribution in [0.15, 0.2) is 0 Å². The van der Waals surface area contributed by atoms with Crippen molar-refractivity contribution in [3.05, 3.63) is 0 Å². The van der Waals surface area contributed by atoms with Crippen molar-refractivity contribution in [3.8, 4) is 0 Å². The van der Waals surface area contributed by atoms with Gasteiger partial charge in [-0.3, -0.25) is 4.90 Å². The normalized spacial score (nSPS) is 24.9. The molecule has 1 fully saturated rings. The van der Waals surface area contributed by atoms with E-state index in [2.05, 4.69) is 31.0 Å². The topological polar surface area (TPSA) is 24.5 Å². The van der Waals surface area contributed by atoms with Crippen molar-refractivity contribution in [1.29, 1.82) is 0 Å². The van der Waals surface area contributed by atoms with Crippen LogP contribution in [0.3, 0.4) is 0 Å². The molecule has 1 heterocycles. The number of rotatable bonds is 4. The minimum absolute atomic E-state index is 0.197. The molecule has 1 atom stereocenters. The monoisotopic (exact) mass is 200 g/mol. The number of ether oxygens (including phenoxy) is 1. The predicted octanol–water partition coefficient (Wildman–Crippen LogP) is 1.10. The molecule has 1 unspecified atom stereocenters. The first-order valence-electron chi connectivity index (χ1n) is 5.60. The van der Waals surface area contributed by atoms with E-state index >= 15 is 0 Å². The van der Waals surface area contributed by atoms with Crippen molar-refractivity contribution in [1.82, 2.24) is 10.2 Å². The van der Waals surface area contributed by atoms with E-state index in [0.29, 0.717) is 6.04 Å². The van der Waals surface area contributed by atoms with E-state index in [1.807, 2.05) is 7.05 Å². The lowest BCUT2D eigenvalue weighted by Crippen LogP contribution is -2.56. The minimum Gasteiger partial charge on any atom is -0.378 e. The molecule has 0 radical (unpaired) electrons. The van der Waals surface area contributed by atoms with Gasteiger partial charge >= 0.3 is 0 Å². The summed E-state index contributed by atoms with van der Waals surface area (Å²) in [4.78, 5) is 2.53. The zero-order valence-electron chi connectivity index (χ0n) is 9.97. The van der Waals surface area contributed by atoms with Gasteiger partial charge in [-0.2, -0.15) is 0 Å². The molecule has 1 aliphatic rings. The lowest BCUT2D eigenvalue weighted by atomic mass is 10.0. The van der Waals surface area contributed by atoms with Crippen LogP contribution in [0.5, 0.6) is 0 Å². The third-order valence-electron chi connectivity index (χ3n) is 3.16. The van der Waals surface area contributed by atoms with E-state index in [1.165, 1.54) is 6.42 Å². The van der Waals surface area contributed by atoms with Gasteiger partial charge in [0.15, 0.2) is 0 Å². The van der Waals surface area contributed by atoms with Crippen LogP contribution in [0, 0.1) is 0 Å². The summed E-state index contributed by atoms with van der Waals surface area (Å²) in [6.07, 6.45) is 1.18. The predicted molar refractivity (Wildman–Crippen MR) is 59.6 cm³/mol. The standard InChI is InChI=1S/C11H24N2O/c1-5-10(12-4)8-13-6-7-14-9-11(13,2)3/h10,12H,5-9H2,1-4H3. The minimum atomic E-state index is 0.197. The molecule has 0 bridgehead atoms. The van der Waals surface area contributed by atoms with Crippen molar-refractivity contribution in [2.24, 2.45) is 0 Å². The Hall–Kier alpha value is -0.120. The first-order chi connectivity index (χ1) is 6.60. The Bertz CT molecular complexity index is 167. The van der Waals surface area contributed by atoms with Gasteiger partial charge in [0.2, 0.25) is 0 Å². The highest BCUT2D eigenvalue weighted by Gasteiger charge is 2.31. The fourth-order valence-electron chi connectivity index (χ4n) is 1.92. The third-order valence-corrected chi connectivity index (χ3v) is 3.16. The van der Waals surface area contributed by atoms with E-state index in [9.17, 15) is 0 Å². The molecule has 3 nitrogen and oxygen atoms in total. The van der Waals surface area contributed by atoms with Crippen LogP contribution in [-0.2, 0) is 4.74 Å². The molecule has 0 saturated carbocycles. The van der Waals surface area contributed by atoms with E-state index in [0.717, 1.165) is 26.3 Å². The molecule has 0 aromatic rings. The van der Waals surface area contributed by atoms with Gasteiger partial charge in [-0.05, 0) is 27.3 Å². The number of hydrogen-bond donors (Lipinski definition) is 1. The Labute approximate surface area is 87.8 Å². The Morgan fingerprint density at radius 3 is 2.71 bits per heavy atom. The third kappa shape index (κ3) is 2.94. The molecule has 1 N–H and O–H groups in total. The zero-order chi connectivity index (χ0) is 10.6. The van der Waals surface area contributed by atoms with E-state index in [4.69, 9.17) is 4.74 Å². The van der Waals surface area contributed by atoms with Crippen molar-refractivity contribution in [3.63, 3.8) is 0 Å². The molecule has 1 saturated heterocycles. The van der Waals surface area contributed by atoms with Crippen LogP contribution in [0.1, 0.15) is 27.2 Å². The lowest BCUT2D eigenvalue weighted by Gasteiger charge is -2.43. The number of hydrogen-bond acceptors (Lipinski definition) is 3. The number of likely N-dealkylation sites (N-methyl/N-ethyl adjacent to an activating group) is 1. The van der Waals surface area contributed by atoms with Gasteiger partial charge in [-0.15, -0.1) is 0 Å². The molecule has 3 heteroatoms. The highest BCUT2D eigenvalue weighted by Crippen LogP contribution is 2.19. The summed E-state index contributed by atoms with van der Waals surface area (Å²) >= 11 is 0. The zero-order valence-corrected chi connectivity index (χ0v) is 9.97. The maximum atomic E-state index is 5.50. The Kier molecular flexibility index (Phi) is 4.35. The summed E-state index contributed by atoms with van der Waals surface area (Å²) in [6, 6.07) is 0.604. The first kappa shape index (κ1) is 12.0. The highest BCUT2D eigenvalue weighted by atomic mass is 16.5. The van der Waals surface area contributed by atoms with Crippen LogP contribution in [0.25, 0.3) is 0 Å². The van der Waals surface area contributed by atoms with Gasteiger partial charge in [0, 0.05) is 24.7 Å². The van der Waals surface area contributed by atoms with Crippen LogP contribution in [-0.4, -0.2) is 49.8 Å². The fourth-order valence-corrected chi connectivity index (χ4v) is 1.92. The molecule has 0 aromatic carbocycles. The first-order valence-corrected chi connectivity index (χ1v) is 5.60. The smallest absolute Gasteiger partial charge is 0.0645 e. The van der Waals surface area contributed by atoms with Crippen molar-refractivity contribution >= 4 is 0 Å². The quantitative estimate of drug-likeness (QED) is 0.735. The molecule has 0 amide bonds. The maximum Gasteiger partial charge on any atom is 0.0645 e. The molecule has 1 aliphatic heterocycles. The summed E-state index contributed by atoms with van der Waals surface area (Å²) < 4.78 is 5.50. The fraction of sp³-hybridized carbons (Fsp3) is 1.00. The second kappa shape index (κ2) is 5.10. The van der Waals surface area contributed by atoms with Crippen molar-refractivity contribution in [2.45, 2.75) is 38.8 Å². The SMILES string of the molecule is CCC(CN1CCOCC1(C)C)NC. The van der Waals surface area contributed by atoms with Crippen molar-refractivity contribution < 1.29 is 4.74 Å². The van der Waals surface area contributed by atoms with Gasteiger partial charge < -0.3 is 10.1 Å². The van der Waals surface area contributed by atoms with E-state index in [1.54, 1.807) is 0 Å². The number of morpholine rings is 1. The van der Waals surface area contributed by atoms with Crippen LogP contribution >= 0.6 is 0 Å². The summed E-state index contributed by atoms with van der Waals surface area (Å²) in [5.74, 6) is 0. The van der Waals surface area contributed by atoms with Gasteiger partial charge in [0.05, 0.1) is 13.2 Å². The molecule has 0 aliphatic carbocycles. The Morgan fingerprint density at radius 2 is 2.21 bits per heavy atom. The highest BCUT2D eigenvalue weighted by molar-refractivity contribution is 4.86. The summed E-state index contributed by atoms with van der Waals surface area (Å²) in [5.41, 5.74) is 0.197. The van der Waals surface area contributed by atoms with Gasteiger partial charge in [-0.25, -0.2) is 0 Å². The molecular weight excluding hydrogens is 176 g/mol. The number of nitrogens with zero attached hydrogens (tertiary/aromatic N) is 1. The maximum absolute atomic E-state index is 5.50. The van der Waals surface area contributed by atoms with Crippen LogP contribution < -0.4 is 5.32 Å². The second-order valence-corrected chi connectivity index (χ2v) is 4.70. The van der Waals surface area contributed by atoms with Crippen molar-refractivity contribution in [2.75, 3.05) is 33.4 Å². The van der Waals surface area contributed by atoms with E-state index < -0.39 is 0 Å². The lowest BCUT2D eigenvalue weighted by molar-refractivity contribution is -0.0542. The van der Waals surface area contributed by atoms with Crippen LogP contribution in [0.2, 0.25) is 0 Å². The Morgan fingerprint density at radius 1 is 1.50 bits per heavy atom. The second-order valence-electron chi connectivity index (χ2n) is 4.70. The molecule has 14 heavy (non-hydrogen) atoms. The summed E-state index contributed by atoms with van der Waals surface area (Å²) in [5, 5.41) is 3.35. The van der Waals surface area contributed by atoms with E-state index in [-0.39, 0.29) is 5.54 Å². The summed E-state index contributed by atoms with van der Waals surface area (Å²) in [6.45, 7) is 10.7. The average molecular weight is 200 g/mol. The largest absolute Gasteiger partial charge is 0.378 e. The van der Waals surface area contributed by atoms with Gasteiger partial charge in [0.25, 0.3) is 0 Å². The molecule has 1 rings (SSSR count). The molecular formula is C11H24N2O. The molecule has 0 aromatic heterocycles. The van der Waals surface area contributed by atoms with Gasteiger partial charge in [0.1, 0.15) is 0 Å². The number of nitrogens with one attached hydrogen (secondary N) is 1. The average Bonchev–Trinajstić information content (AvgIpc) is 2.16. The Balaban J connectivity index is 2.48. The summed E-state index contributed by atoms with van der Waals surface area (Å²) in [7, 11) is 2.04. The molecule has 0 spiro atoms. The van der Waals surface area contributed by atoms with Crippen LogP contribution in [0.4, 0.5) is 0 Å². The molecule has 84 valence electrons. The van der Waals surface area contributed by atoms with Gasteiger partial charge in [-0.1, -0.05) is 6.92 Å².